The Morgan fingerprint density at radius 1 is 1.11 bits per heavy atom. The minimum absolute atomic E-state index is 0.0288. The van der Waals surface area contributed by atoms with Crippen molar-refractivity contribution in [1.29, 1.82) is 0 Å². The predicted octanol–water partition coefficient (Wildman–Crippen LogP) is 2.39. The van der Waals surface area contributed by atoms with Gasteiger partial charge in [0.05, 0.1) is 17.7 Å². The lowest BCUT2D eigenvalue weighted by atomic mass is 10.1. The van der Waals surface area contributed by atoms with E-state index < -0.39 is 54.4 Å². The second-order valence-corrected chi connectivity index (χ2v) is 7.54. The zero-order valence-electron chi connectivity index (χ0n) is 15.4. The van der Waals surface area contributed by atoms with Crippen LogP contribution in [0.25, 0.3) is 0 Å². The van der Waals surface area contributed by atoms with Gasteiger partial charge in [-0.05, 0) is 32.9 Å². The van der Waals surface area contributed by atoms with Gasteiger partial charge >= 0.3 is 12.1 Å². The zero-order chi connectivity index (χ0) is 20.9. The van der Waals surface area contributed by atoms with Crippen LogP contribution in [0.4, 0.5) is 13.6 Å². The van der Waals surface area contributed by atoms with E-state index in [1.807, 2.05) is 0 Å². The zero-order valence-corrected chi connectivity index (χ0v) is 15.4. The summed E-state index contributed by atoms with van der Waals surface area (Å²) in [6.45, 7) is 3.60. The van der Waals surface area contributed by atoms with Gasteiger partial charge in [0, 0.05) is 6.42 Å². The third-order valence-corrected chi connectivity index (χ3v) is 4.11. The number of fused-ring (bicyclic) bond motifs is 1. The van der Waals surface area contributed by atoms with Crippen LogP contribution in [0.5, 0.6) is 0 Å². The summed E-state index contributed by atoms with van der Waals surface area (Å²) in [6.07, 6.45) is -2.12. The summed E-state index contributed by atoms with van der Waals surface area (Å²) in [6, 6.07) is 4.10. The maximum absolute atomic E-state index is 13.9. The maximum Gasteiger partial charge on any atom is 0.411 e. The molecule has 3 amide bonds. The van der Waals surface area contributed by atoms with Crippen LogP contribution in [0, 0.1) is 0 Å². The molecule has 0 saturated carbocycles. The Kier molecular flexibility index (Phi) is 4.60. The van der Waals surface area contributed by atoms with Crippen LogP contribution in [0.1, 0.15) is 47.9 Å². The summed E-state index contributed by atoms with van der Waals surface area (Å²) in [5.74, 6) is -6.44. The van der Waals surface area contributed by atoms with Crippen molar-refractivity contribution in [3.63, 3.8) is 0 Å². The van der Waals surface area contributed by atoms with Gasteiger partial charge in [-0.1, -0.05) is 17.2 Å². The number of hydroxylamine groups is 2. The van der Waals surface area contributed by atoms with Gasteiger partial charge in [0.25, 0.3) is 17.7 Å². The number of halogens is 2. The van der Waals surface area contributed by atoms with Crippen molar-refractivity contribution < 1.29 is 37.5 Å². The van der Waals surface area contributed by atoms with E-state index in [0.29, 0.717) is 4.90 Å². The van der Waals surface area contributed by atoms with Crippen LogP contribution >= 0.6 is 0 Å². The van der Waals surface area contributed by atoms with Crippen LogP contribution in [0.2, 0.25) is 0 Å². The first-order valence-corrected chi connectivity index (χ1v) is 8.47. The quantitative estimate of drug-likeness (QED) is 0.713. The van der Waals surface area contributed by atoms with Gasteiger partial charge in [-0.25, -0.2) is 18.4 Å². The second-order valence-electron chi connectivity index (χ2n) is 7.54. The molecule has 2 aliphatic heterocycles. The number of alkyl halides is 2. The highest BCUT2D eigenvalue weighted by Crippen LogP contribution is 2.34. The van der Waals surface area contributed by atoms with Crippen LogP contribution in [0.15, 0.2) is 24.3 Å². The van der Waals surface area contributed by atoms with Crippen molar-refractivity contribution in [3.05, 3.63) is 35.4 Å². The number of nitrogens with zero attached hydrogens (tertiary/aromatic N) is 2. The molecule has 28 heavy (non-hydrogen) atoms. The molecule has 0 aromatic heterocycles. The first-order valence-electron chi connectivity index (χ1n) is 8.47. The largest absolute Gasteiger partial charge is 0.444 e. The number of carbonyl (C=O) groups excluding carboxylic acids is 4. The molecule has 8 nitrogen and oxygen atoms in total. The lowest BCUT2D eigenvalue weighted by molar-refractivity contribution is -0.173. The highest BCUT2D eigenvalue weighted by molar-refractivity contribution is 6.20. The van der Waals surface area contributed by atoms with Gasteiger partial charge in [0.15, 0.2) is 0 Å². The Labute approximate surface area is 158 Å². The van der Waals surface area contributed by atoms with Gasteiger partial charge in [-0.2, -0.15) is 0 Å². The molecule has 1 aromatic carbocycles. The van der Waals surface area contributed by atoms with E-state index in [4.69, 9.17) is 9.57 Å². The number of hydrogen-bond acceptors (Lipinski definition) is 6. The number of benzene rings is 1. The number of carbonyl (C=O) groups is 4. The molecule has 0 bridgehead atoms. The molecule has 0 aliphatic carbocycles. The van der Waals surface area contributed by atoms with Crippen molar-refractivity contribution in [2.45, 2.75) is 44.8 Å². The number of imide groups is 1. The minimum atomic E-state index is -3.34. The molecule has 1 atom stereocenters. The highest BCUT2D eigenvalue weighted by atomic mass is 19.3. The lowest BCUT2D eigenvalue weighted by Gasteiger charge is -2.27. The summed E-state index contributed by atoms with van der Waals surface area (Å²) < 4.78 is 32.8. The van der Waals surface area contributed by atoms with E-state index in [2.05, 4.69) is 0 Å². The minimum Gasteiger partial charge on any atom is -0.444 e. The summed E-state index contributed by atoms with van der Waals surface area (Å²) in [7, 11) is 0. The van der Waals surface area contributed by atoms with Crippen molar-refractivity contribution >= 4 is 23.9 Å². The van der Waals surface area contributed by atoms with Crippen LogP contribution in [0.3, 0.4) is 0 Å². The fourth-order valence-corrected chi connectivity index (χ4v) is 2.94. The van der Waals surface area contributed by atoms with E-state index >= 15 is 0 Å². The van der Waals surface area contributed by atoms with Gasteiger partial charge < -0.3 is 9.57 Å². The van der Waals surface area contributed by atoms with Crippen LogP contribution < -0.4 is 0 Å². The molecule has 2 aliphatic rings. The van der Waals surface area contributed by atoms with Crippen LogP contribution in [-0.2, 0) is 14.4 Å². The van der Waals surface area contributed by atoms with E-state index in [-0.39, 0.29) is 16.2 Å². The topological polar surface area (TPSA) is 93.2 Å². The molecule has 0 unspecified atom stereocenters. The Balaban J connectivity index is 1.78. The predicted molar refractivity (Wildman–Crippen MR) is 89.3 cm³/mol. The van der Waals surface area contributed by atoms with Gasteiger partial charge in [0.1, 0.15) is 11.6 Å². The van der Waals surface area contributed by atoms with Crippen molar-refractivity contribution in [1.82, 2.24) is 9.96 Å². The standard InChI is InChI=1S/C18H18F2N2O6/c1-17(2,3)27-16(26)21-9-18(19,20)8-12(21)15(25)28-22-13(23)10-6-4-5-7-11(10)14(22)24/h4-7,12H,8-9H2,1-3H3/t12-/m1/s1. The van der Waals surface area contributed by atoms with E-state index in [0.717, 1.165) is 0 Å². The Morgan fingerprint density at radius 3 is 2.14 bits per heavy atom. The third kappa shape index (κ3) is 3.67. The fraction of sp³-hybridized carbons (Fsp3) is 0.444. The molecule has 1 aromatic rings. The average Bonchev–Trinajstić information content (AvgIpc) is 3.03. The number of ether oxygens (including phenoxy) is 1. The summed E-state index contributed by atoms with van der Waals surface area (Å²) >= 11 is 0. The molecule has 0 N–H and O–H groups in total. The Hall–Kier alpha value is -3.04. The summed E-state index contributed by atoms with van der Waals surface area (Å²) in [5, 5.41) is 0.219. The molecule has 0 spiro atoms. The van der Waals surface area contributed by atoms with Gasteiger partial charge in [-0.15, -0.1) is 0 Å². The number of amides is 3. The molecule has 2 heterocycles. The molecule has 3 rings (SSSR count). The first-order chi connectivity index (χ1) is 12.9. The second kappa shape index (κ2) is 6.54. The average molecular weight is 396 g/mol. The Bertz CT molecular complexity index is 829. The summed E-state index contributed by atoms with van der Waals surface area (Å²) in [5.41, 5.74) is -0.909. The van der Waals surface area contributed by atoms with E-state index in [9.17, 15) is 28.0 Å². The SMILES string of the molecule is CC(C)(C)OC(=O)N1CC(F)(F)C[C@@H]1C(=O)ON1C(=O)c2ccccc2C1=O. The number of likely N-dealkylation sites (tertiary alicyclic amines) is 1. The maximum atomic E-state index is 13.9. The molecular weight excluding hydrogens is 378 g/mol. The molecule has 150 valence electrons. The smallest absolute Gasteiger partial charge is 0.411 e. The molecule has 10 heteroatoms. The monoisotopic (exact) mass is 396 g/mol. The molecule has 1 saturated heterocycles. The first kappa shape index (κ1) is 19.7. The van der Waals surface area contributed by atoms with E-state index in [1.165, 1.54) is 24.3 Å². The molecule has 0 radical (unpaired) electrons. The van der Waals surface area contributed by atoms with E-state index in [1.54, 1.807) is 20.8 Å². The van der Waals surface area contributed by atoms with Crippen molar-refractivity contribution in [3.8, 4) is 0 Å². The highest BCUT2D eigenvalue weighted by Gasteiger charge is 2.53. The Morgan fingerprint density at radius 2 is 1.64 bits per heavy atom. The fourth-order valence-electron chi connectivity index (χ4n) is 2.94. The van der Waals surface area contributed by atoms with Gasteiger partial charge in [0.2, 0.25) is 0 Å². The third-order valence-electron chi connectivity index (χ3n) is 4.11. The number of rotatable bonds is 2. The normalized spacial score (nSPS) is 21.0. The molecular formula is C18H18F2N2O6. The van der Waals surface area contributed by atoms with Crippen molar-refractivity contribution in [2.24, 2.45) is 0 Å². The number of hydrogen-bond donors (Lipinski definition) is 0. The van der Waals surface area contributed by atoms with Crippen molar-refractivity contribution in [2.75, 3.05) is 6.54 Å². The molecule has 1 fully saturated rings. The summed E-state index contributed by atoms with van der Waals surface area (Å²) in [4.78, 5) is 54.6. The lowest BCUT2D eigenvalue weighted by Crippen LogP contribution is -2.46. The van der Waals surface area contributed by atoms with Crippen LogP contribution in [-0.4, -0.2) is 58.0 Å². The van der Waals surface area contributed by atoms with Gasteiger partial charge in [-0.3, -0.25) is 14.5 Å².